The number of thiazole rings is 1. The lowest BCUT2D eigenvalue weighted by molar-refractivity contribution is 0.390. The number of unbranched alkanes of at least 4 members (excludes halogenated alkanes) is 1. The predicted octanol–water partition coefficient (Wildman–Crippen LogP) is 4.37. The van der Waals surface area contributed by atoms with Gasteiger partial charge in [0.25, 0.3) is 0 Å². The Morgan fingerprint density at radius 1 is 1.29 bits per heavy atom. The van der Waals surface area contributed by atoms with Gasteiger partial charge < -0.3 is 5.73 Å². The molecule has 0 fully saturated rings. The zero-order chi connectivity index (χ0) is 12.8. The molecule has 2 nitrogen and oxygen atoms in total. The highest BCUT2D eigenvalue weighted by atomic mass is 32.1. The third-order valence-corrected chi connectivity index (χ3v) is 4.61. The average molecular weight is 254 g/mol. The second-order valence-electron chi connectivity index (χ2n) is 4.94. The van der Waals surface area contributed by atoms with E-state index in [-0.39, 0.29) is 6.04 Å². The Hall–Kier alpha value is -0.410. The normalized spacial score (nSPS) is 14.9. The van der Waals surface area contributed by atoms with Gasteiger partial charge in [-0.25, -0.2) is 4.98 Å². The molecule has 0 aliphatic carbocycles. The molecule has 0 spiro atoms. The molecular formula is C14H26N2S. The van der Waals surface area contributed by atoms with Crippen molar-refractivity contribution in [3.8, 4) is 0 Å². The van der Waals surface area contributed by atoms with E-state index >= 15 is 0 Å². The van der Waals surface area contributed by atoms with Crippen LogP contribution in [0.1, 0.15) is 67.6 Å². The molecule has 3 heteroatoms. The quantitative estimate of drug-likeness (QED) is 0.785. The summed E-state index contributed by atoms with van der Waals surface area (Å²) in [6.07, 6.45) is 6.28. The van der Waals surface area contributed by atoms with Crippen molar-refractivity contribution in [2.75, 3.05) is 0 Å². The fraction of sp³-hybridized carbons (Fsp3) is 0.786. The Labute approximate surface area is 110 Å². The maximum Gasteiger partial charge on any atom is 0.0900 e. The van der Waals surface area contributed by atoms with Crippen LogP contribution in [-0.2, 0) is 0 Å². The van der Waals surface area contributed by atoms with Gasteiger partial charge in [-0.15, -0.1) is 11.3 Å². The van der Waals surface area contributed by atoms with Gasteiger partial charge in [-0.05, 0) is 26.2 Å². The summed E-state index contributed by atoms with van der Waals surface area (Å²) in [5.41, 5.74) is 7.46. The summed E-state index contributed by atoms with van der Waals surface area (Å²) >= 11 is 1.76. The molecule has 0 saturated heterocycles. The lowest BCUT2D eigenvalue weighted by atomic mass is 9.91. The van der Waals surface area contributed by atoms with Crippen LogP contribution in [0.4, 0.5) is 0 Å². The molecule has 0 radical (unpaired) electrons. The topological polar surface area (TPSA) is 38.9 Å². The summed E-state index contributed by atoms with van der Waals surface area (Å²) in [4.78, 5) is 5.76. The van der Waals surface area contributed by atoms with Crippen LogP contribution in [0.5, 0.6) is 0 Å². The van der Waals surface area contributed by atoms with Crippen LogP contribution < -0.4 is 5.73 Å². The second-order valence-corrected chi connectivity index (χ2v) is 6.18. The van der Waals surface area contributed by atoms with Crippen molar-refractivity contribution in [2.45, 2.75) is 65.8 Å². The summed E-state index contributed by atoms with van der Waals surface area (Å²) in [5.74, 6) is 0.770. The van der Waals surface area contributed by atoms with E-state index in [9.17, 15) is 0 Å². The van der Waals surface area contributed by atoms with Crippen molar-refractivity contribution in [1.82, 2.24) is 4.98 Å². The number of aryl methyl sites for hydroxylation is 2. The van der Waals surface area contributed by atoms with Crippen LogP contribution in [0, 0.1) is 19.8 Å². The van der Waals surface area contributed by atoms with Gasteiger partial charge in [0.15, 0.2) is 0 Å². The minimum atomic E-state index is 0.183. The number of rotatable bonds is 7. The predicted molar refractivity (Wildman–Crippen MR) is 76.4 cm³/mol. The molecule has 1 aromatic heterocycles. The van der Waals surface area contributed by atoms with E-state index in [1.807, 2.05) is 0 Å². The fourth-order valence-corrected chi connectivity index (χ4v) is 3.28. The second kappa shape index (κ2) is 7.12. The van der Waals surface area contributed by atoms with Gasteiger partial charge in [0.1, 0.15) is 0 Å². The van der Waals surface area contributed by atoms with E-state index in [1.165, 1.54) is 30.6 Å². The van der Waals surface area contributed by atoms with Crippen molar-refractivity contribution in [2.24, 2.45) is 11.7 Å². The van der Waals surface area contributed by atoms with Crippen molar-refractivity contribution < 1.29 is 0 Å². The smallest absolute Gasteiger partial charge is 0.0900 e. The minimum Gasteiger partial charge on any atom is -0.323 e. The summed E-state index contributed by atoms with van der Waals surface area (Å²) in [6.45, 7) is 8.66. The first kappa shape index (κ1) is 14.7. The first-order valence-corrected chi connectivity index (χ1v) is 7.59. The maximum absolute atomic E-state index is 6.33. The molecule has 98 valence electrons. The lowest BCUT2D eigenvalue weighted by Crippen LogP contribution is -2.15. The largest absolute Gasteiger partial charge is 0.323 e. The van der Waals surface area contributed by atoms with Gasteiger partial charge in [0.2, 0.25) is 0 Å². The molecule has 17 heavy (non-hydrogen) atoms. The number of nitrogens with zero attached hydrogens (tertiary/aromatic N) is 1. The van der Waals surface area contributed by atoms with E-state index < -0.39 is 0 Å². The van der Waals surface area contributed by atoms with Crippen LogP contribution in [0.3, 0.4) is 0 Å². The molecule has 0 aromatic carbocycles. The molecule has 2 N–H and O–H groups in total. The highest BCUT2D eigenvalue weighted by Gasteiger charge is 2.17. The Morgan fingerprint density at radius 3 is 2.47 bits per heavy atom. The molecule has 0 bridgehead atoms. The molecule has 1 heterocycles. The zero-order valence-corrected chi connectivity index (χ0v) is 12.4. The molecule has 0 aliphatic rings. The monoisotopic (exact) mass is 254 g/mol. The van der Waals surface area contributed by atoms with Crippen LogP contribution in [-0.4, -0.2) is 4.98 Å². The Kier molecular flexibility index (Phi) is 6.14. The first-order chi connectivity index (χ1) is 8.08. The van der Waals surface area contributed by atoms with Gasteiger partial charge >= 0.3 is 0 Å². The van der Waals surface area contributed by atoms with Crippen LogP contribution in [0.25, 0.3) is 0 Å². The standard InChI is InChI=1S/C14H26N2S/c1-5-7-8-12(6-2)9-13(15)14-10(3)16-11(4)17-14/h12-13H,5-9,15H2,1-4H3. The van der Waals surface area contributed by atoms with Crippen LogP contribution >= 0.6 is 11.3 Å². The van der Waals surface area contributed by atoms with Crippen molar-refractivity contribution >= 4 is 11.3 Å². The number of nitrogens with two attached hydrogens (primary N) is 1. The van der Waals surface area contributed by atoms with E-state index in [2.05, 4.69) is 32.7 Å². The summed E-state index contributed by atoms with van der Waals surface area (Å²) < 4.78 is 0. The SMILES string of the molecule is CCCCC(CC)CC(N)c1sc(C)nc1C. The molecule has 2 unspecified atom stereocenters. The maximum atomic E-state index is 6.33. The number of hydrogen-bond donors (Lipinski definition) is 1. The highest BCUT2D eigenvalue weighted by Crippen LogP contribution is 2.30. The summed E-state index contributed by atoms with van der Waals surface area (Å²) in [6, 6.07) is 0.183. The fourth-order valence-electron chi connectivity index (χ4n) is 2.34. The third-order valence-electron chi connectivity index (χ3n) is 3.41. The Bertz CT molecular complexity index is 333. The molecule has 0 saturated carbocycles. The number of hydrogen-bond acceptors (Lipinski definition) is 3. The van der Waals surface area contributed by atoms with Gasteiger partial charge in [-0.2, -0.15) is 0 Å². The minimum absolute atomic E-state index is 0.183. The lowest BCUT2D eigenvalue weighted by Gasteiger charge is -2.19. The molecule has 0 aliphatic heterocycles. The van der Waals surface area contributed by atoms with E-state index in [0.717, 1.165) is 23.0 Å². The number of aromatic nitrogens is 1. The van der Waals surface area contributed by atoms with E-state index in [4.69, 9.17) is 5.73 Å². The molecule has 1 rings (SSSR count). The first-order valence-electron chi connectivity index (χ1n) is 6.77. The van der Waals surface area contributed by atoms with Gasteiger partial charge in [-0.1, -0.05) is 39.5 Å². The summed E-state index contributed by atoms with van der Waals surface area (Å²) in [7, 11) is 0. The Morgan fingerprint density at radius 2 is 2.00 bits per heavy atom. The van der Waals surface area contributed by atoms with Crippen molar-refractivity contribution in [3.05, 3.63) is 15.6 Å². The molecule has 0 amide bonds. The highest BCUT2D eigenvalue weighted by molar-refractivity contribution is 7.11. The molecule has 2 atom stereocenters. The molecular weight excluding hydrogens is 228 g/mol. The average Bonchev–Trinajstić information content (AvgIpc) is 2.63. The van der Waals surface area contributed by atoms with E-state index in [0.29, 0.717) is 0 Å². The third kappa shape index (κ3) is 4.40. The van der Waals surface area contributed by atoms with Gasteiger partial charge in [-0.3, -0.25) is 0 Å². The van der Waals surface area contributed by atoms with Crippen LogP contribution in [0.15, 0.2) is 0 Å². The molecule has 1 aromatic rings. The van der Waals surface area contributed by atoms with Crippen molar-refractivity contribution in [3.63, 3.8) is 0 Å². The Balaban J connectivity index is 2.57. The van der Waals surface area contributed by atoms with Crippen molar-refractivity contribution in [1.29, 1.82) is 0 Å². The summed E-state index contributed by atoms with van der Waals surface area (Å²) in [5, 5.41) is 1.13. The van der Waals surface area contributed by atoms with Crippen LogP contribution in [0.2, 0.25) is 0 Å². The van der Waals surface area contributed by atoms with Gasteiger partial charge in [0.05, 0.1) is 10.7 Å². The zero-order valence-electron chi connectivity index (χ0n) is 11.6. The van der Waals surface area contributed by atoms with Gasteiger partial charge in [0, 0.05) is 10.9 Å². The van der Waals surface area contributed by atoms with E-state index in [1.54, 1.807) is 11.3 Å².